The van der Waals surface area contributed by atoms with Crippen LogP contribution in [0.4, 0.5) is 10.1 Å². The van der Waals surface area contributed by atoms with Crippen LogP contribution in [0, 0.1) is 5.82 Å². The van der Waals surface area contributed by atoms with E-state index in [1.165, 1.54) is 29.6 Å². The molecule has 1 amide bonds. The monoisotopic (exact) mass is 452 g/mol. The number of benzene rings is 2. The topological polar surface area (TPSA) is 80.4 Å². The summed E-state index contributed by atoms with van der Waals surface area (Å²) in [5.74, 6) is -0.0976. The molecule has 1 aliphatic rings. The highest BCUT2D eigenvalue weighted by molar-refractivity contribution is 8.13. The van der Waals surface area contributed by atoms with Gasteiger partial charge in [0.1, 0.15) is 10.8 Å². The number of amides is 1. The smallest absolute Gasteiger partial charge is 0.258 e. The number of nitrogens with zero attached hydrogens (tertiary/aromatic N) is 2. The summed E-state index contributed by atoms with van der Waals surface area (Å²) in [6.45, 7) is 1.97. The van der Waals surface area contributed by atoms with Crippen LogP contribution in [0.2, 0.25) is 0 Å². The van der Waals surface area contributed by atoms with Crippen molar-refractivity contribution >= 4 is 40.3 Å². The molecule has 0 aliphatic carbocycles. The maximum atomic E-state index is 14.6. The number of aromatic nitrogens is 1. The number of carbonyl (C=O) groups is 1. The van der Waals surface area contributed by atoms with Crippen molar-refractivity contribution in [3.63, 3.8) is 0 Å². The largest absolute Gasteiger partial charge is 0.379 e. The number of thioether (sulfide) groups is 1. The first-order valence-corrected chi connectivity index (χ1v) is 11.5. The molecule has 0 fully saturated rings. The molecular formula is C23H21FN4OS2. The summed E-state index contributed by atoms with van der Waals surface area (Å²) >= 11 is 2.89. The summed E-state index contributed by atoms with van der Waals surface area (Å²) in [7, 11) is 0. The van der Waals surface area contributed by atoms with Crippen LogP contribution >= 0.6 is 23.5 Å². The van der Waals surface area contributed by atoms with Crippen LogP contribution in [0.5, 0.6) is 0 Å². The second-order valence-corrected chi connectivity index (χ2v) is 9.42. The first-order chi connectivity index (χ1) is 14.9. The van der Waals surface area contributed by atoms with Gasteiger partial charge in [0.05, 0.1) is 16.8 Å². The van der Waals surface area contributed by atoms with E-state index in [1.54, 1.807) is 30.5 Å². The van der Waals surface area contributed by atoms with Gasteiger partial charge in [-0.05, 0) is 55.3 Å². The molecule has 2 heterocycles. The summed E-state index contributed by atoms with van der Waals surface area (Å²) in [5, 5.41) is 3.78. The second kappa shape index (κ2) is 9.11. The Hall–Kier alpha value is -2.84. The molecule has 3 N–H and O–H groups in total. The second-order valence-electron chi connectivity index (χ2n) is 7.24. The quantitative estimate of drug-likeness (QED) is 0.550. The fourth-order valence-corrected chi connectivity index (χ4v) is 5.16. The number of aliphatic imine (C=N–C) groups is 1. The molecular weight excluding hydrogens is 431 g/mol. The first-order valence-electron chi connectivity index (χ1n) is 9.72. The number of rotatable bonds is 5. The summed E-state index contributed by atoms with van der Waals surface area (Å²) in [5.41, 5.74) is 6.65. The summed E-state index contributed by atoms with van der Waals surface area (Å²) in [6.07, 6.45) is 2.41. The highest BCUT2D eigenvalue weighted by atomic mass is 32.2. The first kappa shape index (κ1) is 21.4. The SMILES string of the molecule is CC1(c2ccc(F)c(NC(=O)c3cccnc3Sc3ccccc3)c2)CCSC(N)=N1. The number of halogens is 1. The van der Waals surface area contributed by atoms with Gasteiger partial charge in [0.25, 0.3) is 5.91 Å². The Morgan fingerprint density at radius 1 is 1.19 bits per heavy atom. The molecule has 0 saturated carbocycles. The van der Waals surface area contributed by atoms with E-state index >= 15 is 0 Å². The molecule has 158 valence electrons. The van der Waals surface area contributed by atoms with E-state index in [2.05, 4.69) is 15.3 Å². The average Bonchev–Trinajstić information content (AvgIpc) is 2.76. The molecule has 1 aromatic heterocycles. The number of nitrogens with two attached hydrogens (primary N) is 1. The summed E-state index contributed by atoms with van der Waals surface area (Å²) in [6, 6.07) is 17.7. The molecule has 4 rings (SSSR count). The van der Waals surface area contributed by atoms with Gasteiger partial charge < -0.3 is 11.1 Å². The molecule has 0 bridgehead atoms. The summed E-state index contributed by atoms with van der Waals surface area (Å²) < 4.78 is 14.6. The maximum Gasteiger partial charge on any atom is 0.258 e. The fourth-order valence-electron chi connectivity index (χ4n) is 3.29. The van der Waals surface area contributed by atoms with Gasteiger partial charge in [0.15, 0.2) is 5.17 Å². The Kier molecular flexibility index (Phi) is 6.29. The number of carbonyl (C=O) groups excluding carboxylic acids is 1. The van der Waals surface area contributed by atoms with Crippen molar-refractivity contribution in [2.24, 2.45) is 10.7 Å². The molecule has 1 aliphatic heterocycles. The van der Waals surface area contributed by atoms with Gasteiger partial charge in [0, 0.05) is 16.8 Å². The molecule has 8 heteroatoms. The minimum absolute atomic E-state index is 0.107. The van der Waals surface area contributed by atoms with Crippen LogP contribution in [0.25, 0.3) is 0 Å². The average molecular weight is 453 g/mol. The predicted octanol–water partition coefficient (Wildman–Crippen LogP) is 5.29. The Balaban J connectivity index is 1.60. The highest BCUT2D eigenvalue weighted by Gasteiger charge is 2.30. The lowest BCUT2D eigenvalue weighted by molar-refractivity contribution is 0.102. The fraction of sp³-hybridized carbons (Fsp3) is 0.174. The molecule has 3 aromatic rings. The highest BCUT2D eigenvalue weighted by Crippen LogP contribution is 2.37. The van der Waals surface area contributed by atoms with E-state index in [0.29, 0.717) is 15.8 Å². The van der Waals surface area contributed by atoms with E-state index in [-0.39, 0.29) is 5.69 Å². The molecule has 0 spiro atoms. The van der Waals surface area contributed by atoms with Gasteiger partial charge in [-0.25, -0.2) is 9.37 Å². The third-order valence-corrected chi connectivity index (χ3v) is 6.83. The van der Waals surface area contributed by atoms with Crippen LogP contribution in [0.1, 0.15) is 29.3 Å². The molecule has 1 unspecified atom stereocenters. The number of hydrogen-bond donors (Lipinski definition) is 2. The van der Waals surface area contributed by atoms with Crippen molar-refractivity contribution in [1.29, 1.82) is 0 Å². The van der Waals surface area contributed by atoms with Crippen LogP contribution < -0.4 is 11.1 Å². The van der Waals surface area contributed by atoms with Gasteiger partial charge in [0.2, 0.25) is 0 Å². The van der Waals surface area contributed by atoms with Crippen LogP contribution in [-0.4, -0.2) is 21.8 Å². The molecule has 31 heavy (non-hydrogen) atoms. The van der Waals surface area contributed by atoms with Crippen molar-refractivity contribution < 1.29 is 9.18 Å². The Bertz CT molecular complexity index is 1140. The molecule has 0 radical (unpaired) electrons. The standard InChI is InChI=1S/C23H21FN4OS2/c1-23(11-13-30-22(25)28-23)15-9-10-18(24)19(14-15)27-20(29)17-8-5-12-26-21(17)31-16-6-3-2-4-7-16/h2-10,12,14H,11,13H2,1H3,(H2,25,28)(H,27,29). The van der Waals surface area contributed by atoms with Gasteiger partial charge in [-0.15, -0.1) is 0 Å². The van der Waals surface area contributed by atoms with Crippen molar-refractivity contribution in [2.45, 2.75) is 28.8 Å². The van der Waals surface area contributed by atoms with Gasteiger partial charge >= 0.3 is 0 Å². The van der Waals surface area contributed by atoms with E-state index in [0.717, 1.165) is 22.6 Å². The predicted molar refractivity (Wildman–Crippen MR) is 125 cm³/mol. The van der Waals surface area contributed by atoms with E-state index in [4.69, 9.17) is 5.73 Å². The third-order valence-electron chi connectivity index (χ3n) is 5.01. The lowest BCUT2D eigenvalue weighted by Gasteiger charge is -2.30. The zero-order valence-corrected chi connectivity index (χ0v) is 18.5. The molecule has 1 atom stereocenters. The number of amidine groups is 1. The third kappa shape index (κ3) is 4.91. The lowest BCUT2D eigenvalue weighted by atomic mass is 9.89. The van der Waals surface area contributed by atoms with Crippen molar-refractivity contribution in [3.8, 4) is 0 Å². The summed E-state index contributed by atoms with van der Waals surface area (Å²) in [4.78, 5) is 22.9. The van der Waals surface area contributed by atoms with Crippen LogP contribution in [0.3, 0.4) is 0 Å². The Morgan fingerprint density at radius 2 is 2.00 bits per heavy atom. The zero-order valence-electron chi connectivity index (χ0n) is 16.8. The number of anilines is 1. The zero-order chi connectivity index (χ0) is 21.8. The maximum absolute atomic E-state index is 14.6. The van der Waals surface area contributed by atoms with Gasteiger partial charge in [-0.3, -0.25) is 9.79 Å². The molecule has 5 nitrogen and oxygen atoms in total. The van der Waals surface area contributed by atoms with Gasteiger partial charge in [-0.1, -0.05) is 47.8 Å². The minimum atomic E-state index is -0.550. The number of pyridine rings is 1. The van der Waals surface area contributed by atoms with Crippen molar-refractivity contribution in [1.82, 2.24) is 4.98 Å². The van der Waals surface area contributed by atoms with Crippen molar-refractivity contribution in [2.75, 3.05) is 11.1 Å². The number of nitrogens with one attached hydrogen (secondary N) is 1. The Labute approximate surface area is 188 Å². The van der Waals surface area contributed by atoms with Crippen LogP contribution in [0.15, 0.2) is 81.8 Å². The van der Waals surface area contributed by atoms with Gasteiger partial charge in [-0.2, -0.15) is 0 Å². The molecule has 0 saturated heterocycles. The van der Waals surface area contributed by atoms with E-state index in [9.17, 15) is 9.18 Å². The van der Waals surface area contributed by atoms with Crippen LogP contribution in [-0.2, 0) is 5.54 Å². The minimum Gasteiger partial charge on any atom is -0.379 e. The van der Waals surface area contributed by atoms with Crippen molar-refractivity contribution in [3.05, 3.63) is 83.8 Å². The Morgan fingerprint density at radius 3 is 2.77 bits per heavy atom. The lowest BCUT2D eigenvalue weighted by Crippen LogP contribution is -2.29. The number of hydrogen-bond acceptors (Lipinski definition) is 6. The normalized spacial score (nSPS) is 18.3. The van der Waals surface area contributed by atoms with E-state index < -0.39 is 17.3 Å². The molecule has 2 aromatic carbocycles. The van der Waals surface area contributed by atoms with E-state index in [1.807, 2.05) is 37.3 Å².